The summed E-state index contributed by atoms with van der Waals surface area (Å²) in [5.41, 5.74) is 2.15. The molecule has 0 heterocycles. The number of benzene rings is 2. The molecule has 0 atom stereocenters. The quantitative estimate of drug-likeness (QED) is 0.482. The Morgan fingerprint density at radius 1 is 0.893 bits per heavy atom. The predicted octanol–water partition coefficient (Wildman–Crippen LogP) is 3.75. The highest BCUT2D eigenvalue weighted by Gasteiger charge is 2.07. The first-order chi connectivity index (χ1) is 13.7. The normalized spacial score (nSPS) is 11.1. The first kappa shape index (κ1) is 21.4. The van der Waals surface area contributed by atoms with Gasteiger partial charge < -0.3 is 24.8 Å². The first-order valence-electron chi connectivity index (χ1n) is 9.74. The fourth-order valence-electron chi connectivity index (χ4n) is 2.72. The van der Waals surface area contributed by atoms with Crippen LogP contribution in [-0.4, -0.2) is 32.8 Å². The van der Waals surface area contributed by atoms with Gasteiger partial charge in [-0.15, -0.1) is 0 Å². The molecular formula is C22H31N3O3. The smallest absolute Gasteiger partial charge is 0.191 e. The van der Waals surface area contributed by atoms with Crippen LogP contribution in [0.1, 0.15) is 31.9 Å². The standard InChI is InChI=1S/C22H31N3O3/c1-5-23-22(25-16-18-10-8-9-11-19(18)27-6-2)24-15-17-12-13-20(26-4)21(14-17)28-7-3/h8-14H,5-7,15-16H2,1-4H3,(H2,23,24,25). The number of methoxy groups -OCH3 is 1. The Kier molecular flexibility index (Phi) is 8.98. The van der Waals surface area contributed by atoms with Crippen molar-refractivity contribution in [2.45, 2.75) is 33.9 Å². The highest BCUT2D eigenvalue weighted by Crippen LogP contribution is 2.28. The lowest BCUT2D eigenvalue weighted by Gasteiger charge is -2.14. The molecule has 2 rings (SSSR count). The molecule has 0 aromatic heterocycles. The van der Waals surface area contributed by atoms with Gasteiger partial charge in [0.15, 0.2) is 17.5 Å². The number of hydrogen-bond donors (Lipinski definition) is 2. The summed E-state index contributed by atoms with van der Waals surface area (Å²) >= 11 is 0. The van der Waals surface area contributed by atoms with Gasteiger partial charge in [0, 0.05) is 18.7 Å². The number of rotatable bonds is 10. The van der Waals surface area contributed by atoms with Crippen molar-refractivity contribution in [2.75, 3.05) is 26.9 Å². The summed E-state index contributed by atoms with van der Waals surface area (Å²) in [5.74, 6) is 3.11. The van der Waals surface area contributed by atoms with Crippen LogP contribution in [0.25, 0.3) is 0 Å². The molecular weight excluding hydrogens is 354 g/mol. The number of nitrogens with one attached hydrogen (secondary N) is 2. The van der Waals surface area contributed by atoms with E-state index in [9.17, 15) is 0 Å². The Hall–Kier alpha value is -2.89. The summed E-state index contributed by atoms with van der Waals surface area (Å²) in [6.07, 6.45) is 0. The molecule has 0 amide bonds. The van der Waals surface area contributed by atoms with Gasteiger partial charge in [0.1, 0.15) is 5.75 Å². The summed E-state index contributed by atoms with van der Waals surface area (Å²) in [4.78, 5) is 4.69. The minimum Gasteiger partial charge on any atom is -0.494 e. The summed E-state index contributed by atoms with van der Waals surface area (Å²) < 4.78 is 16.7. The molecule has 0 bridgehead atoms. The predicted molar refractivity (Wildman–Crippen MR) is 113 cm³/mol. The lowest BCUT2D eigenvalue weighted by Crippen LogP contribution is -2.36. The molecule has 152 valence electrons. The summed E-state index contributed by atoms with van der Waals surface area (Å²) in [7, 11) is 1.64. The van der Waals surface area contributed by atoms with Crippen molar-refractivity contribution in [2.24, 2.45) is 4.99 Å². The van der Waals surface area contributed by atoms with Crippen LogP contribution in [0.3, 0.4) is 0 Å². The van der Waals surface area contributed by atoms with Crippen LogP contribution in [0.5, 0.6) is 17.2 Å². The van der Waals surface area contributed by atoms with E-state index in [0.717, 1.165) is 40.9 Å². The molecule has 2 aromatic carbocycles. The molecule has 0 spiro atoms. The number of aliphatic imine (C=N–C) groups is 1. The highest BCUT2D eigenvalue weighted by molar-refractivity contribution is 5.79. The number of ether oxygens (including phenoxy) is 3. The fourth-order valence-corrected chi connectivity index (χ4v) is 2.72. The van der Waals surface area contributed by atoms with Crippen LogP contribution in [0.2, 0.25) is 0 Å². The van der Waals surface area contributed by atoms with Gasteiger partial charge in [-0.3, -0.25) is 0 Å². The van der Waals surface area contributed by atoms with E-state index >= 15 is 0 Å². The largest absolute Gasteiger partial charge is 0.494 e. The Morgan fingerprint density at radius 2 is 1.64 bits per heavy atom. The van der Waals surface area contributed by atoms with E-state index in [1.807, 2.05) is 57.2 Å². The van der Waals surface area contributed by atoms with Crippen molar-refractivity contribution >= 4 is 5.96 Å². The van der Waals surface area contributed by atoms with E-state index in [2.05, 4.69) is 21.7 Å². The Bertz CT molecular complexity index is 762. The van der Waals surface area contributed by atoms with E-state index in [1.54, 1.807) is 7.11 Å². The van der Waals surface area contributed by atoms with Crippen LogP contribution in [0.4, 0.5) is 0 Å². The van der Waals surface area contributed by atoms with Gasteiger partial charge in [-0.2, -0.15) is 0 Å². The third-order valence-electron chi connectivity index (χ3n) is 4.01. The van der Waals surface area contributed by atoms with Crippen LogP contribution in [-0.2, 0) is 13.1 Å². The molecule has 6 heteroatoms. The second kappa shape index (κ2) is 11.7. The maximum absolute atomic E-state index is 5.69. The van der Waals surface area contributed by atoms with Crippen LogP contribution < -0.4 is 24.8 Å². The average Bonchev–Trinajstić information content (AvgIpc) is 2.71. The van der Waals surface area contributed by atoms with Gasteiger partial charge in [0.05, 0.1) is 26.9 Å². The minimum atomic E-state index is 0.534. The van der Waals surface area contributed by atoms with E-state index in [1.165, 1.54) is 0 Å². The Labute approximate surface area is 167 Å². The molecule has 0 unspecified atom stereocenters. The van der Waals surface area contributed by atoms with E-state index in [0.29, 0.717) is 26.3 Å². The highest BCUT2D eigenvalue weighted by atomic mass is 16.5. The van der Waals surface area contributed by atoms with Crippen LogP contribution >= 0.6 is 0 Å². The zero-order valence-electron chi connectivity index (χ0n) is 17.2. The molecule has 6 nitrogen and oxygen atoms in total. The lowest BCUT2D eigenvalue weighted by atomic mass is 10.2. The SMILES string of the molecule is CCNC(=NCc1ccc(OC)c(OCC)c1)NCc1ccccc1OCC. The topological polar surface area (TPSA) is 64.1 Å². The van der Waals surface area contributed by atoms with Crippen LogP contribution in [0.15, 0.2) is 47.5 Å². The molecule has 2 aromatic rings. The Balaban J connectivity index is 2.07. The molecule has 0 fully saturated rings. The second-order valence-electron chi connectivity index (χ2n) is 6.01. The minimum absolute atomic E-state index is 0.534. The number of guanidine groups is 1. The molecule has 0 aliphatic rings. The Morgan fingerprint density at radius 3 is 2.36 bits per heavy atom. The van der Waals surface area contributed by atoms with Crippen LogP contribution in [0, 0.1) is 0 Å². The number of nitrogens with zero attached hydrogens (tertiary/aromatic N) is 1. The average molecular weight is 386 g/mol. The molecule has 0 radical (unpaired) electrons. The maximum Gasteiger partial charge on any atom is 0.191 e. The molecule has 0 aliphatic heterocycles. The molecule has 0 saturated carbocycles. The van der Waals surface area contributed by atoms with Crippen molar-refractivity contribution in [3.05, 3.63) is 53.6 Å². The third-order valence-corrected chi connectivity index (χ3v) is 4.01. The van der Waals surface area contributed by atoms with E-state index < -0.39 is 0 Å². The summed E-state index contributed by atoms with van der Waals surface area (Å²) in [6.45, 7) is 9.18. The second-order valence-corrected chi connectivity index (χ2v) is 6.01. The molecule has 0 saturated heterocycles. The monoisotopic (exact) mass is 385 g/mol. The van der Waals surface area contributed by atoms with Crippen molar-refractivity contribution < 1.29 is 14.2 Å². The number of hydrogen-bond acceptors (Lipinski definition) is 4. The number of para-hydroxylation sites is 1. The zero-order valence-corrected chi connectivity index (χ0v) is 17.2. The molecule has 0 aliphatic carbocycles. The molecule has 28 heavy (non-hydrogen) atoms. The van der Waals surface area contributed by atoms with Crippen molar-refractivity contribution in [1.29, 1.82) is 0 Å². The van der Waals surface area contributed by atoms with Crippen molar-refractivity contribution in [1.82, 2.24) is 10.6 Å². The maximum atomic E-state index is 5.69. The van der Waals surface area contributed by atoms with Crippen molar-refractivity contribution in [3.63, 3.8) is 0 Å². The zero-order chi connectivity index (χ0) is 20.2. The fraction of sp³-hybridized carbons (Fsp3) is 0.409. The lowest BCUT2D eigenvalue weighted by molar-refractivity contribution is 0.310. The first-order valence-corrected chi connectivity index (χ1v) is 9.74. The van der Waals surface area contributed by atoms with Crippen molar-refractivity contribution in [3.8, 4) is 17.2 Å². The third kappa shape index (κ3) is 6.37. The van der Waals surface area contributed by atoms with Gasteiger partial charge in [-0.1, -0.05) is 24.3 Å². The van der Waals surface area contributed by atoms with E-state index in [4.69, 9.17) is 14.2 Å². The summed E-state index contributed by atoms with van der Waals surface area (Å²) in [5, 5.41) is 6.65. The van der Waals surface area contributed by atoms with Gasteiger partial charge in [0.25, 0.3) is 0 Å². The van der Waals surface area contributed by atoms with Gasteiger partial charge in [-0.05, 0) is 44.5 Å². The van der Waals surface area contributed by atoms with Gasteiger partial charge in [-0.25, -0.2) is 4.99 Å². The van der Waals surface area contributed by atoms with Gasteiger partial charge >= 0.3 is 0 Å². The molecule has 2 N–H and O–H groups in total. The van der Waals surface area contributed by atoms with E-state index in [-0.39, 0.29) is 0 Å². The summed E-state index contributed by atoms with van der Waals surface area (Å²) in [6, 6.07) is 13.9. The van der Waals surface area contributed by atoms with Gasteiger partial charge in [0.2, 0.25) is 0 Å².